The van der Waals surface area contributed by atoms with Crippen LogP contribution in [0, 0.1) is 24.0 Å². The summed E-state index contributed by atoms with van der Waals surface area (Å²) in [7, 11) is 0. The van der Waals surface area contributed by atoms with Gasteiger partial charge in [-0.15, -0.1) is 0 Å². The number of halogens is 2. The van der Waals surface area contributed by atoms with Crippen LogP contribution < -0.4 is 15.4 Å². The Morgan fingerprint density at radius 3 is 2.48 bits per heavy atom. The SMILES string of the molecule is Cc1c(F)c(Oc2cccc(C(=N)N)c2)nc(N2CCN(C3CCCCC3)CC2)c1F. The van der Waals surface area contributed by atoms with Gasteiger partial charge in [-0.1, -0.05) is 31.4 Å². The van der Waals surface area contributed by atoms with Gasteiger partial charge in [-0.25, -0.2) is 8.78 Å². The van der Waals surface area contributed by atoms with Gasteiger partial charge in [0.25, 0.3) is 5.88 Å². The van der Waals surface area contributed by atoms with Gasteiger partial charge in [0.2, 0.25) is 0 Å². The molecule has 1 aromatic carbocycles. The van der Waals surface area contributed by atoms with Crippen LogP contribution in [0.4, 0.5) is 14.6 Å². The maximum atomic E-state index is 14.9. The third kappa shape index (κ3) is 4.63. The van der Waals surface area contributed by atoms with Crippen molar-refractivity contribution < 1.29 is 13.5 Å². The third-order valence-corrected chi connectivity index (χ3v) is 6.31. The van der Waals surface area contributed by atoms with E-state index >= 15 is 0 Å². The van der Waals surface area contributed by atoms with Crippen molar-refractivity contribution in [2.24, 2.45) is 5.73 Å². The Labute approximate surface area is 181 Å². The van der Waals surface area contributed by atoms with Crippen molar-refractivity contribution in [1.29, 1.82) is 5.41 Å². The molecule has 0 amide bonds. The van der Waals surface area contributed by atoms with Gasteiger partial charge in [-0.05, 0) is 31.9 Å². The molecule has 1 aliphatic carbocycles. The number of nitrogens with one attached hydrogen (secondary N) is 1. The first-order valence-electron chi connectivity index (χ1n) is 10.9. The second-order valence-electron chi connectivity index (χ2n) is 8.35. The van der Waals surface area contributed by atoms with Crippen LogP contribution in [0.2, 0.25) is 0 Å². The fourth-order valence-electron chi connectivity index (χ4n) is 4.48. The zero-order valence-electron chi connectivity index (χ0n) is 17.8. The lowest BCUT2D eigenvalue weighted by Gasteiger charge is -2.41. The summed E-state index contributed by atoms with van der Waals surface area (Å²) in [5.41, 5.74) is 5.86. The standard InChI is InChI=1S/C23H29F2N5O/c1-15-19(24)22(30-12-10-29(11-13-30)17-7-3-2-4-8-17)28-23(20(15)25)31-18-9-5-6-16(14-18)21(26)27/h5-6,9,14,17H,2-4,7-8,10-13H2,1H3,(H3,26,27). The van der Waals surface area contributed by atoms with E-state index in [0.717, 1.165) is 13.1 Å². The van der Waals surface area contributed by atoms with E-state index in [0.29, 0.717) is 24.7 Å². The number of nitrogens with zero attached hydrogens (tertiary/aromatic N) is 3. The van der Waals surface area contributed by atoms with Crippen LogP contribution in [0.25, 0.3) is 0 Å². The Hall–Kier alpha value is -2.74. The third-order valence-electron chi connectivity index (χ3n) is 6.31. The average molecular weight is 430 g/mol. The van der Waals surface area contributed by atoms with Gasteiger partial charge in [0.15, 0.2) is 17.5 Å². The Balaban J connectivity index is 1.53. The van der Waals surface area contributed by atoms with Crippen molar-refractivity contribution in [2.75, 3.05) is 31.1 Å². The summed E-state index contributed by atoms with van der Waals surface area (Å²) in [6.07, 6.45) is 6.35. The summed E-state index contributed by atoms with van der Waals surface area (Å²) in [6, 6.07) is 7.09. The first-order chi connectivity index (χ1) is 14.9. The molecule has 2 fully saturated rings. The lowest BCUT2D eigenvalue weighted by molar-refractivity contribution is 0.147. The Kier molecular flexibility index (Phi) is 6.36. The van der Waals surface area contributed by atoms with Crippen molar-refractivity contribution in [3.05, 3.63) is 47.0 Å². The van der Waals surface area contributed by atoms with Gasteiger partial charge in [-0.2, -0.15) is 4.98 Å². The minimum Gasteiger partial charge on any atom is -0.436 e. The number of hydrogen-bond acceptors (Lipinski definition) is 5. The van der Waals surface area contributed by atoms with Gasteiger partial charge in [0.1, 0.15) is 11.6 Å². The molecule has 2 heterocycles. The van der Waals surface area contributed by atoms with Crippen molar-refractivity contribution >= 4 is 11.7 Å². The van der Waals surface area contributed by atoms with Crippen molar-refractivity contribution in [3.63, 3.8) is 0 Å². The van der Waals surface area contributed by atoms with Crippen molar-refractivity contribution in [2.45, 2.75) is 45.1 Å². The predicted molar refractivity (Wildman–Crippen MR) is 117 cm³/mol. The number of pyridine rings is 1. The summed E-state index contributed by atoms with van der Waals surface area (Å²) in [4.78, 5) is 8.58. The molecule has 6 nitrogen and oxygen atoms in total. The molecule has 1 aliphatic heterocycles. The molecule has 1 aromatic heterocycles. The molecule has 2 aliphatic rings. The zero-order chi connectivity index (χ0) is 22.0. The molecule has 31 heavy (non-hydrogen) atoms. The number of anilines is 1. The van der Waals surface area contributed by atoms with Crippen molar-refractivity contribution in [3.8, 4) is 11.6 Å². The number of nitrogen functional groups attached to an aromatic ring is 1. The van der Waals surface area contributed by atoms with Crippen LogP contribution in [0.5, 0.6) is 11.6 Å². The number of ether oxygens (including phenoxy) is 1. The summed E-state index contributed by atoms with van der Waals surface area (Å²) >= 11 is 0. The van der Waals surface area contributed by atoms with Gasteiger partial charge in [-0.3, -0.25) is 10.3 Å². The van der Waals surface area contributed by atoms with Gasteiger partial charge in [0, 0.05) is 43.3 Å². The topological polar surface area (TPSA) is 78.5 Å². The highest BCUT2D eigenvalue weighted by molar-refractivity contribution is 5.95. The molecular formula is C23H29F2N5O. The van der Waals surface area contributed by atoms with Crippen LogP contribution in [-0.2, 0) is 0 Å². The maximum absolute atomic E-state index is 14.9. The van der Waals surface area contributed by atoms with E-state index in [-0.39, 0.29) is 28.8 Å². The summed E-state index contributed by atoms with van der Waals surface area (Å²) in [6.45, 7) is 4.38. The normalized spacial score (nSPS) is 18.2. The number of aromatic nitrogens is 1. The highest BCUT2D eigenvalue weighted by atomic mass is 19.1. The predicted octanol–water partition coefficient (Wildman–Crippen LogP) is 4.20. The zero-order valence-corrected chi connectivity index (χ0v) is 17.8. The number of rotatable bonds is 5. The number of amidine groups is 1. The van der Waals surface area contributed by atoms with Gasteiger partial charge >= 0.3 is 0 Å². The van der Waals surface area contributed by atoms with E-state index in [9.17, 15) is 8.78 Å². The van der Waals surface area contributed by atoms with E-state index < -0.39 is 11.6 Å². The highest BCUT2D eigenvalue weighted by Crippen LogP contribution is 2.32. The van der Waals surface area contributed by atoms with E-state index in [2.05, 4.69) is 9.88 Å². The minimum atomic E-state index is -0.824. The smallest absolute Gasteiger partial charge is 0.258 e. The molecule has 2 aromatic rings. The molecular weight excluding hydrogens is 400 g/mol. The van der Waals surface area contributed by atoms with Crippen LogP contribution in [0.3, 0.4) is 0 Å². The molecule has 0 radical (unpaired) electrons. The fraction of sp³-hybridized carbons (Fsp3) is 0.478. The average Bonchev–Trinajstić information content (AvgIpc) is 2.80. The number of benzene rings is 1. The van der Waals surface area contributed by atoms with Crippen LogP contribution in [0.1, 0.15) is 43.2 Å². The molecule has 0 bridgehead atoms. The maximum Gasteiger partial charge on any atom is 0.258 e. The summed E-state index contributed by atoms with van der Waals surface area (Å²) in [5.74, 6) is -1.45. The highest BCUT2D eigenvalue weighted by Gasteiger charge is 2.29. The molecule has 8 heteroatoms. The van der Waals surface area contributed by atoms with Crippen LogP contribution >= 0.6 is 0 Å². The minimum absolute atomic E-state index is 0.113. The molecule has 1 saturated heterocycles. The number of piperazine rings is 1. The summed E-state index contributed by atoms with van der Waals surface area (Å²) in [5, 5.41) is 7.55. The fourth-order valence-corrected chi connectivity index (χ4v) is 4.48. The lowest BCUT2D eigenvalue weighted by atomic mass is 9.94. The van der Waals surface area contributed by atoms with E-state index in [4.69, 9.17) is 15.9 Å². The molecule has 0 atom stereocenters. The van der Waals surface area contributed by atoms with E-state index in [1.54, 1.807) is 18.2 Å². The molecule has 0 spiro atoms. The molecule has 3 N–H and O–H groups in total. The van der Waals surface area contributed by atoms with Gasteiger partial charge < -0.3 is 15.4 Å². The van der Waals surface area contributed by atoms with E-state index in [1.807, 2.05) is 4.90 Å². The largest absolute Gasteiger partial charge is 0.436 e. The molecule has 0 unspecified atom stereocenters. The number of hydrogen-bond donors (Lipinski definition) is 2. The first kappa shape index (κ1) is 21.5. The Bertz CT molecular complexity index is 953. The summed E-state index contributed by atoms with van der Waals surface area (Å²) < 4.78 is 35.3. The number of nitrogens with two attached hydrogens (primary N) is 1. The van der Waals surface area contributed by atoms with Gasteiger partial charge in [0.05, 0.1) is 0 Å². The van der Waals surface area contributed by atoms with E-state index in [1.165, 1.54) is 45.1 Å². The quantitative estimate of drug-likeness (QED) is 0.550. The second-order valence-corrected chi connectivity index (χ2v) is 8.35. The first-order valence-corrected chi connectivity index (χ1v) is 10.9. The Morgan fingerprint density at radius 1 is 1.10 bits per heavy atom. The Morgan fingerprint density at radius 2 is 1.81 bits per heavy atom. The van der Waals surface area contributed by atoms with Crippen molar-refractivity contribution in [1.82, 2.24) is 9.88 Å². The second kappa shape index (κ2) is 9.18. The van der Waals surface area contributed by atoms with Crippen LogP contribution in [-0.4, -0.2) is 47.9 Å². The molecule has 166 valence electrons. The monoisotopic (exact) mass is 429 g/mol. The molecule has 4 rings (SSSR count). The molecule has 1 saturated carbocycles. The lowest BCUT2D eigenvalue weighted by Crippen LogP contribution is -2.51. The van der Waals surface area contributed by atoms with Crippen LogP contribution in [0.15, 0.2) is 24.3 Å².